The van der Waals surface area contributed by atoms with Gasteiger partial charge in [0, 0.05) is 11.9 Å². The van der Waals surface area contributed by atoms with Crippen molar-refractivity contribution in [1.82, 2.24) is 5.32 Å². The van der Waals surface area contributed by atoms with Crippen molar-refractivity contribution >= 4 is 46.8 Å². The summed E-state index contributed by atoms with van der Waals surface area (Å²) in [6, 6.07) is 13.9. The highest BCUT2D eigenvalue weighted by atomic mass is 35.5. The maximum Gasteiger partial charge on any atom is 0.272 e. The quantitative estimate of drug-likeness (QED) is 0.816. The summed E-state index contributed by atoms with van der Waals surface area (Å²) in [5, 5.41) is 5.95. The lowest BCUT2D eigenvalue weighted by Gasteiger charge is -2.11. The SMILES string of the molecule is CC(=O)N/C(=C\c1ccccc1)C(=O)Nc1cc(Cl)ccc1Cl. The van der Waals surface area contributed by atoms with E-state index in [0.717, 1.165) is 5.56 Å². The van der Waals surface area contributed by atoms with Crippen LogP contribution in [0.15, 0.2) is 54.2 Å². The Hall–Kier alpha value is -2.30. The van der Waals surface area contributed by atoms with E-state index >= 15 is 0 Å². The van der Waals surface area contributed by atoms with Gasteiger partial charge >= 0.3 is 0 Å². The average molecular weight is 349 g/mol. The predicted molar refractivity (Wildman–Crippen MR) is 93.3 cm³/mol. The second-order valence-corrected chi connectivity index (χ2v) is 5.57. The monoisotopic (exact) mass is 348 g/mol. The average Bonchev–Trinajstić information content (AvgIpc) is 2.51. The topological polar surface area (TPSA) is 58.2 Å². The van der Waals surface area contributed by atoms with Crippen LogP contribution in [0.3, 0.4) is 0 Å². The van der Waals surface area contributed by atoms with Crippen LogP contribution in [-0.4, -0.2) is 11.8 Å². The van der Waals surface area contributed by atoms with Crippen molar-refractivity contribution in [1.29, 1.82) is 0 Å². The third-order valence-corrected chi connectivity index (χ3v) is 3.41. The molecule has 0 bridgehead atoms. The minimum atomic E-state index is -0.492. The Kier molecular flexibility index (Phi) is 5.79. The molecule has 4 nitrogen and oxygen atoms in total. The van der Waals surface area contributed by atoms with E-state index in [1.165, 1.54) is 13.0 Å². The normalized spacial score (nSPS) is 11.0. The van der Waals surface area contributed by atoms with Gasteiger partial charge in [-0.1, -0.05) is 53.5 Å². The fraction of sp³-hybridized carbons (Fsp3) is 0.0588. The van der Waals surface area contributed by atoms with Crippen LogP contribution in [0.5, 0.6) is 0 Å². The molecule has 0 fully saturated rings. The summed E-state index contributed by atoms with van der Waals surface area (Å²) < 4.78 is 0. The van der Waals surface area contributed by atoms with Crippen LogP contribution in [0.25, 0.3) is 6.08 Å². The third-order valence-electron chi connectivity index (χ3n) is 2.84. The highest BCUT2D eigenvalue weighted by Gasteiger charge is 2.13. The number of halogens is 2. The number of nitrogens with one attached hydrogen (secondary N) is 2. The molecule has 0 spiro atoms. The van der Waals surface area contributed by atoms with Crippen LogP contribution in [-0.2, 0) is 9.59 Å². The Morgan fingerprint density at radius 2 is 1.74 bits per heavy atom. The van der Waals surface area contributed by atoms with Gasteiger partial charge in [-0.15, -0.1) is 0 Å². The second kappa shape index (κ2) is 7.81. The third kappa shape index (κ3) is 5.13. The van der Waals surface area contributed by atoms with Gasteiger partial charge in [0.05, 0.1) is 10.7 Å². The van der Waals surface area contributed by atoms with Gasteiger partial charge in [0.15, 0.2) is 0 Å². The molecule has 118 valence electrons. The number of rotatable bonds is 4. The predicted octanol–water partition coefficient (Wildman–Crippen LogP) is 4.11. The molecule has 23 heavy (non-hydrogen) atoms. The number of carbonyl (C=O) groups is 2. The number of carbonyl (C=O) groups excluding carboxylic acids is 2. The fourth-order valence-corrected chi connectivity index (χ4v) is 2.18. The van der Waals surface area contributed by atoms with E-state index in [9.17, 15) is 9.59 Å². The van der Waals surface area contributed by atoms with Crippen LogP contribution in [0.4, 0.5) is 5.69 Å². The van der Waals surface area contributed by atoms with Gasteiger partial charge in [-0.2, -0.15) is 0 Å². The van der Waals surface area contributed by atoms with Crippen molar-refractivity contribution in [2.75, 3.05) is 5.32 Å². The molecule has 0 heterocycles. The summed E-state index contributed by atoms with van der Waals surface area (Å²) in [5.41, 5.74) is 1.26. The van der Waals surface area contributed by atoms with Gasteiger partial charge in [0.2, 0.25) is 5.91 Å². The summed E-state index contributed by atoms with van der Waals surface area (Å²) >= 11 is 11.9. The number of hydrogen-bond acceptors (Lipinski definition) is 2. The molecule has 2 aromatic rings. The molecule has 6 heteroatoms. The van der Waals surface area contributed by atoms with E-state index in [1.807, 2.05) is 30.3 Å². The van der Waals surface area contributed by atoms with Crippen molar-refractivity contribution in [3.8, 4) is 0 Å². The van der Waals surface area contributed by atoms with Gasteiger partial charge in [-0.3, -0.25) is 9.59 Å². The van der Waals surface area contributed by atoms with Gasteiger partial charge in [-0.25, -0.2) is 0 Å². The van der Waals surface area contributed by atoms with Gasteiger partial charge < -0.3 is 10.6 Å². The summed E-state index contributed by atoms with van der Waals surface area (Å²) in [6.45, 7) is 1.33. The molecule has 0 saturated carbocycles. The van der Waals surface area contributed by atoms with E-state index in [1.54, 1.807) is 18.2 Å². The fourth-order valence-electron chi connectivity index (χ4n) is 1.85. The molecule has 0 radical (unpaired) electrons. The number of anilines is 1. The van der Waals surface area contributed by atoms with E-state index in [2.05, 4.69) is 10.6 Å². The molecule has 0 aliphatic carbocycles. The Balaban J connectivity index is 2.28. The largest absolute Gasteiger partial charge is 0.322 e. The van der Waals surface area contributed by atoms with Crippen molar-refractivity contribution < 1.29 is 9.59 Å². The smallest absolute Gasteiger partial charge is 0.272 e. The van der Waals surface area contributed by atoms with Crippen LogP contribution in [0.1, 0.15) is 12.5 Å². The van der Waals surface area contributed by atoms with Gasteiger partial charge in [0.1, 0.15) is 5.70 Å². The Morgan fingerprint density at radius 3 is 2.39 bits per heavy atom. The van der Waals surface area contributed by atoms with Crippen molar-refractivity contribution in [3.05, 3.63) is 69.8 Å². The molecule has 0 aliphatic heterocycles. The first kappa shape index (κ1) is 17.1. The Morgan fingerprint density at radius 1 is 1.04 bits per heavy atom. The van der Waals surface area contributed by atoms with Crippen LogP contribution < -0.4 is 10.6 Å². The highest BCUT2D eigenvalue weighted by Crippen LogP contribution is 2.25. The standard InChI is InChI=1S/C17H14Cl2N2O2/c1-11(22)20-16(9-12-5-3-2-4-6-12)17(23)21-15-10-13(18)7-8-14(15)19/h2-10H,1H3,(H,20,22)(H,21,23)/b16-9-. The molecular weight excluding hydrogens is 335 g/mol. The van der Waals surface area contributed by atoms with Gasteiger partial charge in [0.25, 0.3) is 5.91 Å². The maximum absolute atomic E-state index is 12.4. The highest BCUT2D eigenvalue weighted by molar-refractivity contribution is 6.36. The summed E-state index contributed by atoms with van der Waals surface area (Å²) in [4.78, 5) is 23.8. The number of benzene rings is 2. The summed E-state index contributed by atoms with van der Waals surface area (Å²) in [5.74, 6) is -0.840. The first-order valence-electron chi connectivity index (χ1n) is 6.76. The molecule has 0 unspecified atom stereocenters. The van der Waals surface area contributed by atoms with Crippen molar-refractivity contribution in [3.63, 3.8) is 0 Å². The molecule has 2 amide bonds. The first-order valence-corrected chi connectivity index (χ1v) is 7.52. The second-order valence-electron chi connectivity index (χ2n) is 4.73. The molecule has 0 aliphatic rings. The van der Waals surface area contributed by atoms with Crippen molar-refractivity contribution in [2.45, 2.75) is 6.92 Å². The lowest BCUT2D eigenvalue weighted by atomic mass is 10.2. The lowest BCUT2D eigenvalue weighted by molar-refractivity contribution is -0.120. The summed E-state index contributed by atoms with van der Waals surface area (Å²) in [7, 11) is 0. The molecular formula is C17H14Cl2N2O2. The zero-order valence-corrected chi connectivity index (χ0v) is 13.8. The zero-order valence-electron chi connectivity index (χ0n) is 12.3. The van der Waals surface area contributed by atoms with Crippen molar-refractivity contribution in [2.24, 2.45) is 0 Å². The van der Waals surface area contributed by atoms with E-state index < -0.39 is 5.91 Å². The van der Waals surface area contributed by atoms with Gasteiger partial charge in [-0.05, 0) is 29.8 Å². The molecule has 2 N–H and O–H groups in total. The number of amides is 2. The van der Waals surface area contributed by atoms with Crippen LogP contribution >= 0.6 is 23.2 Å². The zero-order chi connectivity index (χ0) is 16.8. The minimum absolute atomic E-state index is 0.111. The van der Waals surface area contributed by atoms with E-state index in [4.69, 9.17) is 23.2 Å². The van der Waals surface area contributed by atoms with E-state index in [0.29, 0.717) is 15.7 Å². The van der Waals surface area contributed by atoms with Crippen LogP contribution in [0, 0.1) is 0 Å². The maximum atomic E-state index is 12.4. The molecule has 2 aromatic carbocycles. The molecule has 0 saturated heterocycles. The van der Waals surface area contributed by atoms with E-state index in [-0.39, 0.29) is 11.6 Å². The summed E-state index contributed by atoms with van der Waals surface area (Å²) in [6.07, 6.45) is 1.58. The molecule has 0 atom stereocenters. The minimum Gasteiger partial charge on any atom is -0.322 e. The molecule has 0 aromatic heterocycles. The Labute approximate surface area is 144 Å². The Bertz CT molecular complexity index is 758. The first-order chi connectivity index (χ1) is 11.0. The lowest BCUT2D eigenvalue weighted by Crippen LogP contribution is -2.29. The molecule has 2 rings (SSSR count). The number of hydrogen-bond donors (Lipinski definition) is 2. The van der Waals surface area contributed by atoms with Crippen LogP contribution in [0.2, 0.25) is 10.0 Å².